The number of aliphatic carboxylic acids is 1. The van der Waals surface area contributed by atoms with Crippen LogP contribution in [0.2, 0.25) is 0 Å². The lowest BCUT2D eigenvalue weighted by molar-refractivity contribution is -0.142. The number of carboxylic acids is 1. The molecule has 9 heteroatoms. The molecule has 30 heavy (non-hydrogen) atoms. The van der Waals surface area contributed by atoms with Gasteiger partial charge in [-0.1, -0.05) is 54.9 Å². The van der Waals surface area contributed by atoms with E-state index in [1.807, 2.05) is 13.8 Å². The summed E-state index contributed by atoms with van der Waals surface area (Å²) in [5.41, 5.74) is 0.406. The lowest BCUT2D eigenvalue weighted by atomic mass is 9.92. The van der Waals surface area contributed by atoms with Crippen LogP contribution in [0.25, 0.3) is 0 Å². The Morgan fingerprint density at radius 1 is 0.967 bits per heavy atom. The topological polar surface area (TPSA) is 136 Å². The fourth-order valence-corrected chi connectivity index (χ4v) is 3.47. The van der Waals surface area contributed by atoms with E-state index in [-0.39, 0.29) is 12.3 Å². The number of aliphatic hydroxyl groups is 2. The molecule has 0 fully saturated rings. The molecular weight excluding hydrogens is 456 g/mol. The summed E-state index contributed by atoms with van der Waals surface area (Å²) in [4.78, 5) is 35.7. The van der Waals surface area contributed by atoms with Crippen LogP contribution >= 0.6 is 15.9 Å². The second kappa shape index (κ2) is 12.0. The zero-order chi connectivity index (χ0) is 23.0. The number of carbonyl (C=O) groups excluding carboxylic acids is 2. The van der Waals surface area contributed by atoms with E-state index in [9.17, 15) is 24.6 Å². The maximum Gasteiger partial charge on any atom is 0.325 e. The summed E-state index contributed by atoms with van der Waals surface area (Å²) >= 11 is 3.30. The number of carboxylic acid groups (broad SMARTS) is 1. The molecule has 5 N–H and O–H groups in total. The Balaban J connectivity index is 2.82. The van der Waals surface area contributed by atoms with Gasteiger partial charge in [0.15, 0.2) is 6.10 Å². The number of hydrogen-bond acceptors (Lipinski definition) is 5. The van der Waals surface area contributed by atoms with Crippen molar-refractivity contribution in [2.75, 3.05) is 0 Å². The highest BCUT2D eigenvalue weighted by Crippen LogP contribution is 2.24. The molecule has 0 saturated carbocycles. The normalized spacial score (nSPS) is 16.3. The van der Waals surface area contributed by atoms with Crippen molar-refractivity contribution in [2.24, 2.45) is 11.8 Å². The van der Waals surface area contributed by atoms with Crippen LogP contribution in [0.4, 0.5) is 0 Å². The molecule has 5 unspecified atom stereocenters. The molecule has 0 saturated heterocycles. The van der Waals surface area contributed by atoms with Crippen LogP contribution in [0.15, 0.2) is 28.7 Å². The maximum absolute atomic E-state index is 12.6. The summed E-state index contributed by atoms with van der Waals surface area (Å²) in [6.07, 6.45) is -2.00. The summed E-state index contributed by atoms with van der Waals surface area (Å²) in [5.74, 6) is -2.82. The molecule has 0 spiro atoms. The van der Waals surface area contributed by atoms with Gasteiger partial charge in [0.25, 0.3) is 5.91 Å². The first-order valence-corrected chi connectivity index (χ1v) is 10.7. The van der Waals surface area contributed by atoms with Gasteiger partial charge in [0.05, 0.1) is 12.1 Å². The third-order valence-electron chi connectivity index (χ3n) is 4.74. The maximum atomic E-state index is 12.6. The number of aliphatic hydroxyl groups excluding tert-OH is 2. The average Bonchev–Trinajstić information content (AvgIpc) is 2.66. The van der Waals surface area contributed by atoms with Crippen molar-refractivity contribution < 1.29 is 29.7 Å². The average molecular weight is 487 g/mol. The van der Waals surface area contributed by atoms with Gasteiger partial charge >= 0.3 is 5.97 Å². The van der Waals surface area contributed by atoms with Crippen molar-refractivity contribution in [3.63, 3.8) is 0 Å². The van der Waals surface area contributed by atoms with Crippen LogP contribution in [0.3, 0.4) is 0 Å². The van der Waals surface area contributed by atoms with Crippen LogP contribution < -0.4 is 10.6 Å². The molecule has 0 aliphatic heterocycles. The molecule has 168 valence electrons. The largest absolute Gasteiger partial charge is 0.480 e. The first kappa shape index (κ1) is 26.1. The van der Waals surface area contributed by atoms with E-state index in [1.165, 1.54) is 6.92 Å². The Morgan fingerprint density at radius 3 is 2.10 bits per heavy atom. The monoisotopic (exact) mass is 486 g/mol. The van der Waals surface area contributed by atoms with E-state index < -0.39 is 48.0 Å². The zero-order valence-electron chi connectivity index (χ0n) is 17.6. The van der Waals surface area contributed by atoms with Crippen molar-refractivity contribution in [2.45, 2.75) is 64.8 Å². The Hall–Kier alpha value is -1.97. The standard InChI is InChI=1S/C21H31BrN2O6/c1-11(2)9-16(17(25)10-12(3)19(27)23-13(4)21(29)30)24-20(28)18(26)14-7-5-6-8-15(14)22/h5-8,11-13,16-18,25-26H,9-10H2,1-4H3,(H,23,27)(H,24,28)(H,29,30). The molecule has 0 aliphatic carbocycles. The lowest BCUT2D eigenvalue weighted by Crippen LogP contribution is -2.48. The van der Waals surface area contributed by atoms with Gasteiger partial charge in [-0.25, -0.2) is 0 Å². The molecule has 0 aromatic heterocycles. The van der Waals surface area contributed by atoms with Crippen LogP contribution in [-0.4, -0.2) is 51.3 Å². The summed E-state index contributed by atoms with van der Waals surface area (Å²) in [7, 11) is 0. The van der Waals surface area contributed by atoms with E-state index in [0.29, 0.717) is 16.5 Å². The highest BCUT2D eigenvalue weighted by atomic mass is 79.9. The highest BCUT2D eigenvalue weighted by molar-refractivity contribution is 9.10. The van der Waals surface area contributed by atoms with Gasteiger partial charge in [-0.2, -0.15) is 0 Å². The van der Waals surface area contributed by atoms with Crippen LogP contribution in [-0.2, 0) is 14.4 Å². The van der Waals surface area contributed by atoms with Crippen molar-refractivity contribution in [1.82, 2.24) is 10.6 Å². The van der Waals surface area contributed by atoms with Crippen LogP contribution in [0.1, 0.15) is 52.2 Å². The first-order valence-electron chi connectivity index (χ1n) is 9.88. The highest BCUT2D eigenvalue weighted by Gasteiger charge is 2.30. The van der Waals surface area contributed by atoms with Gasteiger partial charge in [-0.3, -0.25) is 14.4 Å². The lowest BCUT2D eigenvalue weighted by Gasteiger charge is -2.28. The van der Waals surface area contributed by atoms with Gasteiger partial charge in [-0.05, 0) is 31.7 Å². The minimum Gasteiger partial charge on any atom is -0.480 e. The second-order valence-electron chi connectivity index (χ2n) is 7.94. The SMILES string of the molecule is CC(C)CC(NC(=O)C(O)c1ccccc1Br)C(O)CC(C)C(=O)NC(C)C(=O)O. The van der Waals surface area contributed by atoms with E-state index >= 15 is 0 Å². The molecule has 0 aliphatic rings. The minimum absolute atomic E-state index is 0.0287. The fourth-order valence-electron chi connectivity index (χ4n) is 2.97. The summed E-state index contributed by atoms with van der Waals surface area (Å²) in [6, 6.07) is 5.09. The van der Waals surface area contributed by atoms with E-state index in [4.69, 9.17) is 5.11 Å². The van der Waals surface area contributed by atoms with Gasteiger partial charge in [-0.15, -0.1) is 0 Å². The van der Waals surface area contributed by atoms with Crippen LogP contribution in [0, 0.1) is 11.8 Å². The smallest absolute Gasteiger partial charge is 0.325 e. The molecule has 0 heterocycles. The fraction of sp³-hybridized carbons (Fsp3) is 0.571. The van der Waals surface area contributed by atoms with E-state index in [0.717, 1.165) is 0 Å². The number of benzene rings is 1. The number of rotatable bonds is 11. The van der Waals surface area contributed by atoms with Gasteiger partial charge in [0.1, 0.15) is 6.04 Å². The van der Waals surface area contributed by atoms with Gasteiger partial charge in [0, 0.05) is 16.0 Å². The molecule has 5 atom stereocenters. The predicted octanol–water partition coefficient (Wildman–Crippen LogP) is 1.99. The summed E-state index contributed by atoms with van der Waals surface area (Å²) < 4.78 is 0.589. The first-order chi connectivity index (χ1) is 13.9. The number of nitrogens with one attached hydrogen (secondary N) is 2. The van der Waals surface area contributed by atoms with Crippen molar-refractivity contribution in [3.05, 3.63) is 34.3 Å². The molecular formula is C21H31BrN2O6. The third-order valence-corrected chi connectivity index (χ3v) is 5.46. The van der Waals surface area contributed by atoms with E-state index in [1.54, 1.807) is 31.2 Å². The Bertz CT molecular complexity index is 742. The van der Waals surface area contributed by atoms with E-state index in [2.05, 4.69) is 26.6 Å². The molecule has 1 aromatic rings. The van der Waals surface area contributed by atoms with Gasteiger partial charge < -0.3 is 26.0 Å². The van der Waals surface area contributed by atoms with Crippen LogP contribution in [0.5, 0.6) is 0 Å². The number of hydrogen-bond donors (Lipinski definition) is 5. The quantitative estimate of drug-likeness (QED) is 0.324. The Labute approximate surface area is 185 Å². The second-order valence-corrected chi connectivity index (χ2v) is 8.80. The third kappa shape index (κ3) is 8.04. The summed E-state index contributed by atoms with van der Waals surface area (Å²) in [5, 5.41) is 35.1. The number of amides is 2. The van der Waals surface area contributed by atoms with Crippen molar-refractivity contribution >= 4 is 33.7 Å². The molecule has 0 bridgehead atoms. The van der Waals surface area contributed by atoms with Gasteiger partial charge in [0.2, 0.25) is 5.91 Å². The Morgan fingerprint density at radius 2 is 1.57 bits per heavy atom. The molecule has 1 rings (SSSR count). The van der Waals surface area contributed by atoms with Crippen molar-refractivity contribution in [1.29, 1.82) is 0 Å². The molecule has 2 amide bonds. The Kier molecular flexibility index (Phi) is 10.4. The molecule has 1 aromatic carbocycles. The van der Waals surface area contributed by atoms with Crippen molar-refractivity contribution in [3.8, 4) is 0 Å². The molecule has 8 nitrogen and oxygen atoms in total. The zero-order valence-corrected chi connectivity index (χ0v) is 19.2. The molecule has 0 radical (unpaired) electrons. The predicted molar refractivity (Wildman–Crippen MR) is 116 cm³/mol. The minimum atomic E-state index is -1.42. The number of carbonyl (C=O) groups is 3. The number of halogens is 1. The summed E-state index contributed by atoms with van der Waals surface area (Å²) in [6.45, 7) is 6.80.